The van der Waals surface area contributed by atoms with Crippen LogP contribution < -0.4 is 0 Å². The number of Topliss-reactive ketones (excluding diaryl/α,β-unsaturated/α-hetero) is 1. The van der Waals surface area contributed by atoms with Crippen molar-refractivity contribution in [3.63, 3.8) is 0 Å². The number of ether oxygens (including phenoxy) is 2. The lowest BCUT2D eigenvalue weighted by Gasteiger charge is -2.11. The predicted molar refractivity (Wildman–Crippen MR) is 75.9 cm³/mol. The lowest BCUT2D eigenvalue weighted by molar-refractivity contribution is 0.0218. The zero-order valence-electron chi connectivity index (χ0n) is 11.3. The molecule has 0 fully saturated rings. The van der Waals surface area contributed by atoms with Crippen LogP contribution in [0.15, 0.2) is 29.2 Å². The zero-order chi connectivity index (χ0) is 14.1. The summed E-state index contributed by atoms with van der Waals surface area (Å²) < 4.78 is 10.1. The lowest BCUT2D eigenvalue weighted by Crippen LogP contribution is -2.19. The number of benzene rings is 1. The summed E-state index contributed by atoms with van der Waals surface area (Å²) in [5.41, 5.74) is 0.691. The molecule has 0 saturated heterocycles. The fourth-order valence-electron chi connectivity index (χ4n) is 1.41. The second-order valence-corrected chi connectivity index (χ2v) is 5.21. The molecular formula is C14H20O4S. The summed E-state index contributed by atoms with van der Waals surface area (Å²) in [5, 5.41) is 9.73. The summed E-state index contributed by atoms with van der Waals surface area (Å²) in [6.07, 6.45) is -0.525. The van der Waals surface area contributed by atoms with Gasteiger partial charge in [-0.25, -0.2) is 0 Å². The van der Waals surface area contributed by atoms with E-state index in [0.717, 1.165) is 4.90 Å². The van der Waals surface area contributed by atoms with Crippen LogP contribution >= 0.6 is 11.8 Å². The Hall–Kier alpha value is -0.880. The summed E-state index contributed by atoms with van der Waals surface area (Å²) in [4.78, 5) is 12.2. The van der Waals surface area contributed by atoms with Gasteiger partial charge >= 0.3 is 0 Å². The fraction of sp³-hybridized carbons (Fsp3) is 0.500. The largest absolute Gasteiger partial charge is 0.390 e. The van der Waals surface area contributed by atoms with Gasteiger partial charge in [-0.15, -0.1) is 11.8 Å². The number of carbonyl (C=O) groups is 1. The van der Waals surface area contributed by atoms with E-state index < -0.39 is 6.10 Å². The Labute approximate surface area is 118 Å². The van der Waals surface area contributed by atoms with Crippen LogP contribution in [-0.2, 0) is 9.47 Å². The van der Waals surface area contributed by atoms with Crippen LogP contribution in [0.2, 0.25) is 0 Å². The zero-order valence-corrected chi connectivity index (χ0v) is 12.1. The molecule has 0 heterocycles. The first-order chi connectivity index (χ1) is 9.13. The standard InChI is InChI=1S/C14H20O4S/c1-11(15)12-4-3-5-14(8-12)19-10-13(16)9-18-7-6-17-2/h3-5,8,13,16H,6-7,9-10H2,1-2H3. The molecule has 0 radical (unpaired) electrons. The van der Waals surface area contributed by atoms with Gasteiger partial charge in [0.1, 0.15) is 0 Å². The number of aliphatic hydroxyl groups is 1. The van der Waals surface area contributed by atoms with Crippen molar-refractivity contribution in [3.8, 4) is 0 Å². The Morgan fingerprint density at radius 1 is 1.42 bits per heavy atom. The molecule has 4 nitrogen and oxygen atoms in total. The fourth-order valence-corrected chi connectivity index (χ4v) is 2.27. The van der Waals surface area contributed by atoms with E-state index in [9.17, 15) is 9.90 Å². The highest BCUT2D eigenvalue weighted by Gasteiger charge is 2.06. The first-order valence-corrected chi connectivity index (χ1v) is 7.10. The highest BCUT2D eigenvalue weighted by Crippen LogP contribution is 2.20. The third-order valence-electron chi connectivity index (χ3n) is 2.42. The predicted octanol–water partition coefficient (Wildman–Crippen LogP) is 2.01. The van der Waals surface area contributed by atoms with Crippen LogP contribution in [-0.4, -0.2) is 49.7 Å². The highest BCUT2D eigenvalue weighted by molar-refractivity contribution is 7.99. The van der Waals surface area contributed by atoms with Crippen molar-refractivity contribution >= 4 is 17.5 Å². The van der Waals surface area contributed by atoms with Gasteiger partial charge < -0.3 is 14.6 Å². The van der Waals surface area contributed by atoms with Crippen molar-refractivity contribution < 1.29 is 19.4 Å². The van der Waals surface area contributed by atoms with E-state index in [2.05, 4.69) is 0 Å². The van der Waals surface area contributed by atoms with E-state index in [4.69, 9.17) is 9.47 Å². The summed E-state index contributed by atoms with van der Waals surface area (Å²) in [6, 6.07) is 7.40. The maximum Gasteiger partial charge on any atom is 0.159 e. The SMILES string of the molecule is COCCOCC(O)CSc1cccc(C(C)=O)c1. The normalized spacial score (nSPS) is 12.4. The Kier molecular flexibility index (Phi) is 7.74. The van der Waals surface area contributed by atoms with Crippen LogP contribution in [0.3, 0.4) is 0 Å². The van der Waals surface area contributed by atoms with Crippen LogP contribution in [0, 0.1) is 0 Å². The molecule has 0 amide bonds. The van der Waals surface area contributed by atoms with Crippen molar-refractivity contribution in [2.45, 2.75) is 17.9 Å². The van der Waals surface area contributed by atoms with Crippen LogP contribution in [0.5, 0.6) is 0 Å². The molecule has 106 valence electrons. The number of hydrogen-bond acceptors (Lipinski definition) is 5. The smallest absolute Gasteiger partial charge is 0.159 e. The Morgan fingerprint density at radius 3 is 2.89 bits per heavy atom. The summed E-state index contributed by atoms with van der Waals surface area (Å²) in [5.74, 6) is 0.583. The maximum atomic E-state index is 11.2. The quantitative estimate of drug-likeness (QED) is 0.427. The minimum Gasteiger partial charge on any atom is -0.390 e. The monoisotopic (exact) mass is 284 g/mol. The second-order valence-electron chi connectivity index (χ2n) is 4.12. The number of aliphatic hydroxyl groups excluding tert-OH is 1. The highest BCUT2D eigenvalue weighted by atomic mass is 32.2. The van der Waals surface area contributed by atoms with Crippen LogP contribution in [0.4, 0.5) is 0 Å². The molecule has 0 spiro atoms. The minimum atomic E-state index is -0.525. The van der Waals surface area contributed by atoms with Gasteiger partial charge in [-0.2, -0.15) is 0 Å². The van der Waals surface area contributed by atoms with Crippen molar-refractivity contribution in [2.75, 3.05) is 32.7 Å². The number of ketones is 1. The Bertz CT molecular complexity index is 395. The van der Waals surface area contributed by atoms with E-state index in [-0.39, 0.29) is 5.78 Å². The summed E-state index contributed by atoms with van der Waals surface area (Å²) in [6.45, 7) is 2.85. The molecule has 0 aliphatic rings. The van der Waals surface area contributed by atoms with E-state index in [1.165, 1.54) is 11.8 Å². The van der Waals surface area contributed by atoms with Gasteiger partial charge in [0.15, 0.2) is 5.78 Å². The average molecular weight is 284 g/mol. The molecule has 0 aliphatic carbocycles. The van der Waals surface area contributed by atoms with Gasteiger partial charge in [0.2, 0.25) is 0 Å². The molecule has 0 aliphatic heterocycles. The number of rotatable bonds is 9. The lowest BCUT2D eigenvalue weighted by atomic mass is 10.2. The van der Waals surface area contributed by atoms with Gasteiger partial charge in [-0.1, -0.05) is 12.1 Å². The average Bonchev–Trinajstić information content (AvgIpc) is 2.41. The van der Waals surface area contributed by atoms with Gasteiger partial charge in [0.25, 0.3) is 0 Å². The number of carbonyl (C=O) groups excluding carboxylic acids is 1. The Morgan fingerprint density at radius 2 is 2.21 bits per heavy atom. The maximum absolute atomic E-state index is 11.2. The van der Waals surface area contributed by atoms with Gasteiger partial charge in [0.05, 0.1) is 25.9 Å². The molecular weight excluding hydrogens is 264 g/mol. The van der Waals surface area contributed by atoms with E-state index in [0.29, 0.717) is 31.1 Å². The molecule has 0 bridgehead atoms. The van der Waals surface area contributed by atoms with Crippen molar-refractivity contribution in [1.29, 1.82) is 0 Å². The topological polar surface area (TPSA) is 55.8 Å². The molecule has 1 aromatic carbocycles. The first-order valence-electron chi connectivity index (χ1n) is 6.12. The molecule has 0 aromatic heterocycles. The van der Waals surface area contributed by atoms with E-state index in [1.807, 2.05) is 18.2 Å². The molecule has 19 heavy (non-hydrogen) atoms. The van der Waals surface area contributed by atoms with Gasteiger partial charge in [-0.05, 0) is 19.1 Å². The Balaban J connectivity index is 2.31. The number of hydrogen-bond donors (Lipinski definition) is 1. The number of methoxy groups -OCH3 is 1. The second kappa shape index (κ2) is 9.09. The van der Waals surface area contributed by atoms with E-state index in [1.54, 1.807) is 20.1 Å². The van der Waals surface area contributed by atoms with Crippen molar-refractivity contribution in [3.05, 3.63) is 29.8 Å². The molecule has 1 aromatic rings. The molecule has 1 unspecified atom stereocenters. The van der Waals surface area contributed by atoms with E-state index >= 15 is 0 Å². The van der Waals surface area contributed by atoms with Crippen LogP contribution in [0.25, 0.3) is 0 Å². The summed E-state index contributed by atoms with van der Waals surface area (Å²) in [7, 11) is 1.61. The van der Waals surface area contributed by atoms with Gasteiger partial charge in [-0.3, -0.25) is 4.79 Å². The van der Waals surface area contributed by atoms with Crippen molar-refractivity contribution in [2.24, 2.45) is 0 Å². The third kappa shape index (κ3) is 6.73. The molecule has 1 N–H and O–H groups in total. The first kappa shape index (κ1) is 16.2. The third-order valence-corrected chi connectivity index (χ3v) is 3.56. The summed E-state index contributed by atoms with van der Waals surface area (Å²) >= 11 is 1.51. The molecule has 5 heteroatoms. The number of thioether (sulfide) groups is 1. The molecule has 1 atom stereocenters. The van der Waals surface area contributed by atoms with Crippen LogP contribution in [0.1, 0.15) is 17.3 Å². The van der Waals surface area contributed by atoms with Gasteiger partial charge in [0, 0.05) is 23.3 Å². The molecule has 1 rings (SSSR count). The minimum absolute atomic E-state index is 0.0471. The van der Waals surface area contributed by atoms with Crippen molar-refractivity contribution in [1.82, 2.24) is 0 Å². The molecule has 0 saturated carbocycles.